The van der Waals surface area contributed by atoms with Gasteiger partial charge in [0, 0.05) is 37.3 Å². The molecule has 6 heteroatoms. The minimum Gasteiger partial charge on any atom is -0.493 e. The highest BCUT2D eigenvalue weighted by Gasteiger charge is 2.46. The number of anilines is 1. The van der Waals surface area contributed by atoms with Crippen molar-refractivity contribution < 1.29 is 19.0 Å². The molecule has 0 N–H and O–H groups in total. The van der Waals surface area contributed by atoms with Gasteiger partial charge >= 0.3 is 6.09 Å². The maximum atomic E-state index is 12.8. The van der Waals surface area contributed by atoms with Crippen LogP contribution in [0.1, 0.15) is 44.2 Å². The Morgan fingerprint density at radius 3 is 2.50 bits per heavy atom. The summed E-state index contributed by atoms with van der Waals surface area (Å²) in [6, 6.07) is 11.2. The third-order valence-corrected chi connectivity index (χ3v) is 6.87. The number of carbonyl (C=O) groups excluding carboxylic acids is 1. The fourth-order valence-corrected chi connectivity index (χ4v) is 5.52. The minimum absolute atomic E-state index is 0.204. The number of hydrogen-bond acceptors (Lipinski definition) is 5. The first-order valence-electron chi connectivity index (χ1n) is 11.4. The summed E-state index contributed by atoms with van der Waals surface area (Å²) in [5.41, 5.74) is 6.00. The van der Waals surface area contributed by atoms with E-state index in [1.165, 1.54) is 22.4 Å². The Balaban J connectivity index is 1.49. The van der Waals surface area contributed by atoms with Gasteiger partial charge in [0.25, 0.3) is 0 Å². The number of fused-ring (bicyclic) bond motifs is 3. The molecule has 3 aliphatic heterocycles. The summed E-state index contributed by atoms with van der Waals surface area (Å²) in [7, 11) is 3.32. The number of benzene rings is 2. The average Bonchev–Trinajstić information content (AvgIpc) is 3.33. The molecule has 1 amide bonds. The van der Waals surface area contributed by atoms with E-state index in [1.54, 1.807) is 14.2 Å². The van der Waals surface area contributed by atoms with E-state index in [9.17, 15) is 4.79 Å². The van der Waals surface area contributed by atoms with Crippen LogP contribution in [-0.4, -0.2) is 56.5 Å². The van der Waals surface area contributed by atoms with Crippen molar-refractivity contribution in [3.8, 4) is 22.6 Å². The van der Waals surface area contributed by atoms with Gasteiger partial charge in [-0.05, 0) is 80.1 Å². The molecule has 2 aromatic carbocycles. The molecule has 0 aromatic heterocycles. The summed E-state index contributed by atoms with van der Waals surface area (Å²) >= 11 is 0. The zero-order chi connectivity index (χ0) is 22.6. The molecule has 0 unspecified atom stereocenters. The van der Waals surface area contributed by atoms with Gasteiger partial charge in [0.2, 0.25) is 0 Å². The zero-order valence-electron chi connectivity index (χ0n) is 19.6. The molecular formula is C26H32N2O4. The predicted octanol–water partition coefficient (Wildman–Crippen LogP) is 4.84. The summed E-state index contributed by atoms with van der Waals surface area (Å²) in [6.07, 6.45) is 1.84. The molecule has 0 radical (unpaired) electrons. The lowest BCUT2D eigenvalue weighted by Gasteiger charge is -2.38. The third-order valence-electron chi connectivity index (χ3n) is 6.87. The second-order valence-electron chi connectivity index (χ2n) is 9.98. The normalized spacial score (nSPS) is 21.3. The van der Waals surface area contributed by atoms with Crippen LogP contribution in [0.3, 0.4) is 0 Å². The zero-order valence-corrected chi connectivity index (χ0v) is 19.6. The Morgan fingerprint density at radius 2 is 1.78 bits per heavy atom. The molecule has 3 heterocycles. The highest BCUT2D eigenvalue weighted by atomic mass is 16.6. The van der Waals surface area contributed by atoms with E-state index < -0.39 is 5.60 Å². The number of amides is 1. The first-order chi connectivity index (χ1) is 15.3. The van der Waals surface area contributed by atoms with E-state index in [2.05, 4.69) is 23.1 Å². The van der Waals surface area contributed by atoms with Crippen LogP contribution in [0.2, 0.25) is 0 Å². The van der Waals surface area contributed by atoms with E-state index >= 15 is 0 Å². The van der Waals surface area contributed by atoms with Gasteiger partial charge in [-0.3, -0.25) is 0 Å². The first kappa shape index (κ1) is 21.0. The lowest BCUT2D eigenvalue weighted by Crippen LogP contribution is -2.49. The van der Waals surface area contributed by atoms with Gasteiger partial charge in [-0.2, -0.15) is 0 Å². The maximum Gasteiger partial charge on any atom is 0.410 e. The van der Waals surface area contributed by atoms with Gasteiger partial charge in [0.1, 0.15) is 5.60 Å². The van der Waals surface area contributed by atoms with Crippen molar-refractivity contribution in [2.45, 2.75) is 51.2 Å². The number of hydrogen-bond donors (Lipinski definition) is 0. The molecule has 0 bridgehead atoms. The first-order valence-corrected chi connectivity index (χ1v) is 11.4. The molecule has 32 heavy (non-hydrogen) atoms. The molecule has 0 aliphatic carbocycles. The second-order valence-corrected chi connectivity index (χ2v) is 9.98. The van der Waals surface area contributed by atoms with Crippen molar-refractivity contribution in [1.82, 2.24) is 4.90 Å². The fourth-order valence-electron chi connectivity index (χ4n) is 5.52. The van der Waals surface area contributed by atoms with Crippen molar-refractivity contribution in [3.05, 3.63) is 41.5 Å². The SMILES string of the molecule is COc1ccc(-c2cc3c4c(c2)[C@H]2CN(C(=O)OC(C)(C)C)CC[C@H]2N4CC3)cc1OC. The van der Waals surface area contributed by atoms with Crippen LogP contribution in [0.4, 0.5) is 10.5 Å². The third kappa shape index (κ3) is 3.46. The Bertz CT molecular complexity index is 1060. The molecule has 170 valence electrons. The highest BCUT2D eigenvalue weighted by molar-refractivity contribution is 5.79. The summed E-state index contributed by atoms with van der Waals surface area (Å²) in [6.45, 7) is 8.28. The van der Waals surface area contributed by atoms with Crippen LogP contribution in [0.5, 0.6) is 11.5 Å². The van der Waals surface area contributed by atoms with Crippen LogP contribution in [-0.2, 0) is 11.2 Å². The van der Waals surface area contributed by atoms with Crippen LogP contribution in [0, 0.1) is 0 Å². The van der Waals surface area contributed by atoms with Gasteiger partial charge in [0.15, 0.2) is 11.5 Å². The molecule has 6 nitrogen and oxygen atoms in total. The number of piperidine rings is 1. The lowest BCUT2D eigenvalue weighted by molar-refractivity contribution is 0.0189. The summed E-state index contributed by atoms with van der Waals surface area (Å²) in [5.74, 6) is 1.77. The molecule has 1 saturated heterocycles. The Hall–Kier alpha value is -2.89. The second kappa shape index (κ2) is 7.61. The van der Waals surface area contributed by atoms with E-state index in [4.69, 9.17) is 14.2 Å². The summed E-state index contributed by atoms with van der Waals surface area (Å²) in [4.78, 5) is 17.2. The van der Waals surface area contributed by atoms with Crippen LogP contribution < -0.4 is 14.4 Å². The van der Waals surface area contributed by atoms with Gasteiger partial charge in [-0.25, -0.2) is 4.79 Å². The molecule has 1 fully saturated rings. The standard InChI is InChI=1S/C26H32N2O4/c1-26(2,3)32-25(29)27-10-9-21-20(15-27)19-13-18(12-17-8-11-28(21)24(17)19)16-6-7-22(30-4)23(14-16)31-5/h6-7,12-14,20-21H,8-11,15H2,1-5H3/t20-,21-/m1/s1. The number of carbonyl (C=O) groups is 1. The van der Waals surface area contributed by atoms with Gasteiger partial charge < -0.3 is 24.0 Å². The van der Waals surface area contributed by atoms with Crippen LogP contribution in [0.15, 0.2) is 30.3 Å². The quantitative estimate of drug-likeness (QED) is 0.689. The molecule has 0 saturated carbocycles. The molecule has 5 rings (SSSR count). The van der Waals surface area contributed by atoms with E-state index in [1.807, 2.05) is 37.8 Å². The maximum absolute atomic E-state index is 12.8. The number of likely N-dealkylation sites (tertiary alicyclic amines) is 1. The smallest absolute Gasteiger partial charge is 0.410 e. The highest BCUT2D eigenvalue weighted by Crippen LogP contribution is 2.51. The monoisotopic (exact) mass is 436 g/mol. The van der Waals surface area contributed by atoms with Gasteiger partial charge in [-0.15, -0.1) is 0 Å². The Labute approximate surface area is 190 Å². The average molecular weight is 437 g/mol. The van der Waals surface area contributed by atoms with Crippen molar-refractivity contribution >= 4 is 11.8 Å². The van der Waals surface area contributed by atoms with E-state index in [-0.39, 0.29) is 6.09 Å². The number of rotatable bonds is 3. The van der Waals surface area contributed by atoms with Crippen molar-refractivity contribution in [1.29, 1.82) is 0 Å². The molecule has 2 atom stereocenters. The van der Waals surface area contributed by atoms with Crippen molar-refractivity contribution in [2.75, 3.05) is 38.8 Å². The fraction of sp³-hybridized carbons (Fsp3) is 0.500. The number of ether oxygens (including phenoxy) is 3. The summed E-state index contributed by atoms with van der Waals surface area (Å²) in [5, 5.41) is 0. The summed E-state index contributed by atoms with van der Waals surface area (Å²) < 4.78 is 16.6. The van der Waals surface area contributed by atoms with Crippen molar-refractivity contribution in [3.63, 3.8) is 0 Å². The molecule has 2 aromatic rings. The number of nitrogens with zero attached hydrogens (tertiary/aromatic N) is 2. The number of methoxy groups -OCH3 is 2. The van der Waals surface area contributed by atoms with Crippen molar-refractivity contribution in [2.24, 2.45) is 0 Å². The molecular weight excluding hydrogens is 404 g/mol. The van der Waals surface area contributed by atoms with E-state index in [0.717, 1.165) is 43.0 Å². The Morgan fingerprint density at radius 1 is 1.00 bits per heavy atom. The van der Waals surface area contributed by atoms with Crippen LogP contribution in [0.25, 0.3) is 11.1 Å². The van der Waals surface area contributed by atoms with Gasteiger partial charge in [-0.1, -0.05) is 6.07 Å². The molecule has 0 spiro atoms. The van der Waals surface area contributed by atoms with Crippen LogP contribution >= 0.6 is 0 Å². The topological polar surface area (TPSA) is 51.2 Å². The Kier molecular flexibility index (Phi) is 4.99. The molecule has 3 aliphatic rings. The minimum atomic E-state index is -0.479. The lowest BCUT2D eigenvalue weighted by atomic mass is 9.86. The van der Waals surface area contributed by atoms with E-state index in [0.29, 0.717) is 18.5 Å². The largest absolute Gasteiger partial charge is 0.493 e. The predicted molar refractivity (Wildman–Crippen MR) is 125 cm³/mol. The van der Waals surface area contributed by atoms with Gasteiger partial charge in [0.05, 0.1) is 14.2 Å².